The maximum atomic E-state index is 6.29. The van der Waals surface area contributed by atoms with Crippen molar-refractivity contribution in [1.29, 1.82) is 0 Å². The van der Waals surface area contributed by atoms with Crippen LogP contribution in [0.1, 0.15) is 37.4 Å². The summed E-state index contributed by atoms with van der Waals surface area (Å²) >= 11 is 6.29. The molecule has 0 aliphatic heterocycles. The summed E-state index contributed by atoms with van der Waals surface area (Å²) in [5.74, 6) is 0. The van der Waals surface area contributed by atoms with Crippen LogP contribution in [-0.4, -0.2) is 18.0 Å². The minimum Gasteiger partial charge on any atom is -0.297 e. The summed E-state index contributed by atoms with van der Waals surface area (Å²) < 4.78 is 0. The van der Waals surface area contributed by atoms with Gasteiger partial charge in [0.05, 0.1) is 0 Å². The van der Waals surface area contributed by atoms with Crippen molar-refractivity contribution in [2.24, 2.45) is 0 Å². The van der Waals surface area contributed by atoms with E-state index in [2.05, 4.69) is 61.2 Å². The summed E-state index contributed by atoms with van der Waals surface area (Å²) in [5.41, 5.74) is 2.64. The fourth-order valence-corrected chi connectivity index (χ4v) is 3.12. The summed E-state index contributed by atoms with van der Waals surface area (Å²) in [6, 6.07) is 19.4. The van der Waals surface area contributed by atoms with Crippen LogP contribution in [0.5, 0.6) is 0 Å². The molecule has 0 N–H and O–H groups in total. The molecular formula is C19H24ClN. The van der Waals surface area contributed by atoms with Crippen LogP contribution in [0.15, 0.2) is 54.6 Å². The Hall–Kier alpha value is -1.31. The van der Waals surface area contributed by atoms with Crippen molar-refractivity contribution in [3.63, 3.8) is 0 Å². The summed E-state index contributed by atoms with van der Waals surface area (Å²) in [6.07, 6.45) is 2.10. The lowest BCUT2D eigenvalue weighted by Crippen LogP contribution is -2.28. The summed E-state index contributed by atoms with van der Waals surface area (Å²) in [7, 11) is 0. The van der Waals surface area contributed by atoms with Gasteiger partial charge in [0.15, 0.2) is 0 Å². The molecule has 0 aromatic heterocycles. The second-order valence-electron chi connectivity index (χ2n) is 5.28. The van der Waals surface area contributed by atoms with Crippen LogP contribution in [0.3, 0.4) is 0 Å². The zero-order chi connectivity index (χ0) is 15.1. The highest BCUT2D eigenvalue weighted by Crippen LogP contribution is 2.27. The first-order valence-electron chi connectivity index (χ1n) is 7.78. The molecular weight excluding hydrogens is 278 g/mol. The highest BCUT2D eigenvalue weighted by Gasteiger charge is 2.17. The lowest BCUT2D eigenvalue weighted by molar-refractivity contribution is 0.208. The summed E-state index contributed by atoms with van der Waals surface area (Å²) in [6.45, 7) is 6.60. The highest BCUT2D eigenvalue weighted by molar-refractivity contribution is 6.31. The minimum atomic E-state index is 0.456. The molecule has 1 unspecified atom stereocenters. The molecule has 0 saturated heterocycles. The molecule has 0 bridgehead atoms. The molecule has 0 saturated carbocycles. The van der Waals surface area contributed by atoms with Crippen molar-refractivity contribution in [2.45, 2.75) is 32.7 Å². The molecule has 2 aromatic rings. The monoisotopic (exact) mass is 301 g/mol. The molecule has 0 radical (unpaired) electrons. The van der Waals surface area contributed by atoms with E-state index in [1.807, 2.05) is 12.1 Å². The van der Waals surface area contributed by atoms with E-state index in [1.165, 1.54) is 11.1 Å². The number of nitrogens with zero attached hydrogens (tertiary/aromatic N) is 1. The fourth-order valence-electron chi connectivity index (χ4n) is 2.89. The highest BCUT2D eigenvalue weighted by atomic mass is 35.5. The molecule has 0 aliphatic carbocycles. The predicted octanol–water partition coefficient (Wildman–Crippen LogP) is 5.36. The van der Waals surface area contributed by atoms with Gasteiger partial charge in [0.1, 0.15) is 0 Å². The third-order valence-corrected chi connectivity index (χ3v) is 4.45. The Bertz CT molecular complexity index is 534. The number of hydrogen-bond donors (Lipinski definition) is 0. The van der Waals surface area contributed by atoms with Crippen molar-refractivity contribution in [3.8, 4) is 0 Å². The Morgan fingerprint density at radius 2 is 1.52 bits per heavy atom. The van der Waals surface area contributed by atoms with Crippen LogP contribution in [0.2, 0.25) is 5.02 Å². The standard InChI is InChI=1S/C19H24ClN/c1-3-21(4-2)19(17-11-6-5-7-12-17)15-14-16-10-8-9-13-18(16)20/h5-13,19H,3-4,14-15H2,1-2H3. The third kappa shape index (κ3) is 4.33. The quantitative estimate of drug-likeness (QED) is 0.666. The van der Waals surface area contributed by atoms with Gasteiger partial charge in [-0.15, -0.1) is 0 Å². The maximum Gasteiger partial charge on any atom is 0.0437 e. The lowest BCUT2D eigenvalue weighted by Gasteiger charge is -2.30. The van der Waals surface area contributed by atoms with Gasteiger partial charge in [-0.05, 0) is 43.1 Å². The number of hydrogen-bond acceptors (Lipinski definition) is 1. The molecule has 0 spiro atoms. The largest absolute Gasteiger partial charge is 0.297 e. The molecule has 2 aromatic carbocycles. The third-order valence-electron chi connectivity index (χ3n) is 4.08. The topological polar surface area (TPSA) is 3.24 Å². The van der Waals surface area contributed by atoms with E-state index in [1.54, 1.807) is 0 Å². The van der Waals surface area contributed by atoms with E-state index in [-0.39, 0.29) is 0 Å². The van der Waals surface area contributed by atoms with Gasteiger partial charge in [-0.1, -0.05) is 74.0 Å². The first-order chi connectivity index (χ1) is 10.3. The molecule has 0 heterocycles. The van der Waals surface area contributed by atoms with Gasteiger partial charge in [-0.2, -0.15) is 0 Å². The summed E-state index contributed by atoms with van der Waals surface area (Å²) in [5, 5.41) is 0.879. The van der Waals surface area contributed by atoms with E-state index in [4.69, 9.17) is 11.6 Å². The number of aryl methyl sites for hydroxylation is 1. The molecule has 0 fully saturated rings. The molecule has 1 nitrogen and oxygen atoms in total. The van der Waals surface area contributed by atoms with Crippen LogP contribution < -0.4 is 0 Å². The predicted molar refractivity (Wildman–Crippen MR) is 91.9 cm³/mol. The van der Waals surface area contributed by atoms with Gasteiger partial charge in [-0.25, -0.2) is 0 Å². The van der Waals surface area contributed by atoms with Gasteiger partial charge in [0.2, 0.25) is 0 Å². The van der Waals surface area contributed by atoms with Gasteiger partial charge < -0.3 is 0 Å². The number of rotatable bonds is 7. The van der Waals surface area contributed by atoms with E-state index >= 15 is 0 Å². The molecule has 21 heavy (non-hydrogen) atoms. The second kappa shape index (κ2) is 8.21. The van der Waals surface area contributed by atoms with Gasteiger partial charge >= 0.3 is 0 Å². The molecule has 2 rings (SSSR count). The van der Waals surface area contributed by atoms with Gasteiger partial charge in [0, 0.05) is 11.1 Å². The molecule has 0 aliphatic rings. The smallest absolute Gasteiger partial charge is 0.0437 e. The van der Waals surface area contributed by atoms with Crippen molar-refractivity contribution < 1.29 is 0 Å². The minimum absolute atomic E-state index is 0.456. The first kappa shape index (κ1) is 16.1. The fraction of sp³-hybridized carbons (Fsp3) is 0.368. The molecule has 2 heteroatoms. The van der Waals surface area contributed by atoms with Crippen LogP contribution in [0.4, 0.5) is 0 Å². The van der Waals surface area contributed by atoms with Crippen molar-refractivity contribution in [2.75, 3.05) is 13.1 Å². The average molecular weight is 302 g/mol. The van der Waals surface area contributed by atoms with Crippen molar-refractivity contribution in [3.05, 3.63) is 70.7 Å². The average Bonchev–Trinajstić information content (AvgIpc) is 2.54. The molecule has 112 valence electrons. The summed E-state index contributed by atoms with van der Waals surface area (Å²) in [4.78, 5) is 2.52. The van der Waals surface area contributed by atoms with Crippen LogP contribution in [0, 0.1) is 0 Å². The van der Waals surface area contributed by atoms with E-state index in [0.29, 0.717) is 6.04 Å². The normalized spacial score (nSPS) is 12.6. The Morgan fingerprint density at radius 1 is 0.905 bits per heavy atom. The number of benzene rings is 2. The Kier molecular flexibility index (Phi) is 6.28. The van der Waals surface area contributed by atoms with Gasteiger partial charge in [0.25, 0.3) is 0 Å². The van der Waals surface area contributed by atoms with Crippen LogP contribution in [-0.2, 0) is 6.42 Å². The van der Waals surface area contributed by atoms with Gasteiger partial charge in [-0.3, -0.25) is 4.90 Å². The molecule has 0 amide bonds. The maximum absolute atomic E-state index is 6.29. The number of halogens is 1. The molecule has 1 atom stereocenters. The Morgan fingerprint density at radius 3 is 2.14 bits per heavy atom. The van der Waals surface area contributed by atoms with E-state index in [0.717, 1.165) is 31.0 Å². The Balaban J connectivity index is 2.15. The zero-order valence-electron chi connectivity index (χ0n) is 12.9. The second-order valence-corrected chi connectivity index (χ2v) is 5.68. The van der Waals surface area contributed by atoms with E-state index in [9.17, 15) is 0 Å². The SMILES string of the molecule is CCN(CC)C(CCc1ccccc1Cl)c1ccccc1. The van der Waals surface area contributed by atoms with Crippen molar-refractivity contribution in [1.82, 2.24) is 4.90 Å². The zero-order valence-corrected chi connectivity index (χ0v) is 13.7. The van der Waals surface area contributed by atoms with E-state index < -0.39 is 0 Å². The lowest BCUT2D eigenvalue weighted by atomic mass is 9.97. The van der Waals surface area contributed by atoms with Crippen LogP contribution in [0.25, 0.3) is 0 Å². The van der Waals surface area contributed by atoms with Crippen molar-refractivity contribution >= 4 is 11.6 Å². The first-order valence-corrected chi connectivity index (χ1v) is 8.16. The van der Waals surface area contributed by atoms with Crippen LogP contribution >= 0.6 is 11.6 Å². The Labute approximate surface area is 133 Å².